The van der Waals surface area contributed by atoms with Crippen LogP contribution in [0.25, 0.3) is 0 Å². The van der Waals surface area contributed by atoms with E-state index >= 15 is 0 Å². The molecule has 56 valence electrons. The van der Waals surface area contributed by atoms with E-state index in [1.54, 1.807) is 0 Å². The Morgan fingerprint density at radius 1 is 1.45 bits per heavy atom. The molecule has 0 aliphatic heterocycles. The minimum atomic E-state index is -1.09. The zero-order chi connectivity index (χ0) is 8.85. The number of allylic oxidation sites excluding steroid dienone is 1. The summed E-state index contributed by atoms with van der Waals surface area (Å²) in [4.78, 5) is 10.4. The highest BCUT2D eigenvalue weighted by atomic mass is 16.5. The topological polar surface area (TPSA) is 94.1 Å². The number of nitrogens with zero attached hydrogens (tertiary/aromatic N) is 2. The second-order valence-electron chi connectivity index (χ2n) is 1.44. The zero-order valence-corrected chi connectivity index (χ0v) is 5.66. The predicted molar refractivity (Wildman–Crippen MR) is 32.9 cm³/mol. The number of hydrogen-bond acceptors (Lipinski definition) is 5. The fraction of sp³-hybridized carbons (Fsp3) is 0.167. The molecule has 0 bridgehead atoms. The van der Waals surface area contributed by atoms with Gasteiger partial charge in [-0.1, -0.05) is 0 Å². The predicted octanol–water partition coefficient (Wildman–Crippen LogP) is 0.0187. The van der Waals surface area contributed by atoms with E-state index in [-0.39, 0.29) is 0 Å². The quantitative estimate of drug-likeness (QED) is 0.247. The monoisotopic (exact) mass is 152 g/mol. The largest absolute Gasteiger partial charge is 0.500 e. The standard InChI is InChI=1S/C6H4N2O3/c1-11-6(10)5(9)4(2-7)3-8/h9H,1H3. The van der Waals surface area contributed by atoms with Crippen molar-refractivity contribution in [3.8, 4) is 12.1 Å². The molecule has 0 radical (unpaired) electrons. The minimum absolute atomic E-state index is 0.656. The number of methoxy groups -OCH3 is 1. The number of rotatable bonds is 1. The SMILES string of the molecule is COC(=O)C(O)=C(C#N)C#N. The number of aliphatic hydroxyl groups is 1. The average molecular weight is 152 g/mol. The van der Waals surface area contributed by atoms with Crippen LogP contribution in [0.1, 0.15) is 0 Å². The van der Waals surface area contributed by atoms with E-state index in [9.17, 15) is 4.79 Å². The van der Waals surface area contributed by atoms with E-state index in [4.69, 9.17) is 15.6 Å². The summed E-state index contributed by atoms with van der Waals surface area (Å²) in [6.07, 6.45) is 0. The molecule has 1 N–H and O–H groups in total. The molecule has 0 spiro atoms. The number of esters is 1. The molecule has 0 aromatic carbocycles. The lowest BCUT2D eigenvalue weighted by Crippen LogP contribution is -2.05. The first-order valence-electron chi connectivity index (χ1n) is 2.49. The molecule has 0 saturated heterocycles. The van der Waals surface area contributed by atoms with Crippen LogP contribution in [-0.2, 0) is 9.53 Å². The number of ether oxygens (including phenoxy) is 1. The molecule has 0 amide bonds. The van der Waals surface area contributed by atoms with Crippen molar-refractivity contribution in [2.75, 3.05) is 7.11 Å². The lowest BCUT2D eigenvalue weighted by molar-refractivity contribution is -0.139. The van der Waals surface area contributed by atoms with Crippen molar-refractivity contribution in [3.05, 3.63) is 11.3 Å². The lowest BCUT2D eigenvalue weighted by atomic mass is 10.3. The smallest absolute Gasteiger partial charge is 0.375 e. The van der Waals surface area contributed by atoms with Crippen LogP contribution in [-0.4, -0.2) is 18.2 Å². The van der Waals surface area contributed by atoms with Gasteiger partial charge in [-0.05, 0) is 0 Å². The summed E-state index contributed by atoms with van der Waals surface area (Å²) in [5.41, 5.74) is -0.656. The highest BCUT2D eigenvalue weighted by Crippen LogP contribution is 1.99. The maximum atomic E-state index is 10.4. The van der Waals surface area contributed by atoms with E-state index in [0.29, 0.717) is 0 Å². The van der Waals surface area contributed by atoms with E-state index in [2.05, 4.69) is 4.74 Å². The Bertz CT molecular complexity index is 263. The van der Waals surface area contributed by atoms with E-state index < -0.39 is 17.3 Å². The Morgan fingerprint density at radius 2 is 1.91 bits per heavy atom. The van der Waals surface area contributed by atoms with Gasteiger partial charge >= 0.3 is 5.97 Å². The van der Waals surface area contributed by atoms with Crippen LogP contribution in [0.15, 0.2) is 11.3 Å². The van der Waals surface area contributed by atoms with Gasteiger partial charge in [0.2, 0.25) is 5.76 Å². The first-order chi connectivity index (χ1) is 5.17. The molecule has 0 aliphatic rings. The first kappa shape index (κ1) is 8.99. The van der Waals surface area contributed by atoms with E-state index in [1.807, 2.05) is 0 Å². The van der Waals surface area contributed by atoms with E-state index in [0.717, 1.165) is 7.11 Å². The Kier molecular flexibility index (Phi) is 3.20. The van der Waals surface area contributed by atoms with Crippen LogP contribution in [0.5, 0.6) is 0 Å². The van der Waals surface area contributed by atoms with Crippen LogP contribution in [0, 0.1) is 22.7 Å². The third-order valence-electron chi connectivity index (χ3n) is 0.839. The van der Waals surface area contributed by atoms with Gasteiger partial charge in [-0.3, -0.25) is 0 Å². The maximum absolute atomic E-state index is 10.4. The fourth-order valence-corrected chi connectivity index (χ4v) is 0.330. The Balaban J connectivity index is 4.84. The molecule has 5 heteroatoms. The van der Waals surface area contributed by atoms with Gasteiger partial charge in [-0.15, -0.1) is 0 Å². The Morgan fingerprint density at radius 3 is 2.18 bits per heavy atom. The van der Waals surface area contributed by atoms with Gasteiger partial charge in [0.1, 0.15) is 12.1 Å². The molecule has 0 aromatic heterocycles. The zero-order valence-electron chi connectivity index (χ0n) is 5.66. The second-order valence-corrected chi connectivity index (χ2v) is 1.44. The summed E-state index contributed by atoms with van der Waals surface area (Å²) in [5, 5.41) is 25.0. The highest BCUT2D eigenvalue weighted by Gasteiger charge is 2.13. The molecule has 0 atom stereocenters. The molecule has 0 unspecified atom stereocenters. The molecule has 0 aromatic rings. The summed E-state index contributed by atoms with van der Waals surface area (Å²) in [6, 6.07) is 2.67. The van der Waals surface area contributed by atoms with Gasteiger partial charge in [-0.2, -0.15) is 10.5 Å². The number of aliphatic hydroxyl groups excluding tert-OH is 1. The van der Waals surface area contributed by atoms with Crippen LogP contribution in [0.3, 0.4) is 0 Å². The molecule has 0 saturated carbocycles. The molecule has 0 rings (SSSR count). The average Bonchev–Trinajstić information content (AvgIpc) is 2.05. The van der Waals surface area contributed by atoms with Crippen molar-refractivity contribution in [2.45, 2.75) is 0 Å². The van der Waals surface area contributed by atoms with Crippen molar-refractivity contribution in [3.63, 3.8) is 0 Å². The van der Waals surface area contributed by atoms with Crippen molar-refractivity contribution in [2.24, 2.45) is 0 Å². The summed E-state index contributed by atoms with van der Waals surface area (Å²) in [7, 11) is 1.03. The molecular formula is C6H4N2O3. The summed E-state index contributed by atoms with van der Waals surface area (Å²) < 4.78 is 4.05. The molecular weight excluding hydrogens is 148 g/mol. The van der Waals surface area contributed by atoms with Crippen molar-refractivity contribution in [1.29, 1.82) is 10.5 Å². The minimum Gasteiger partial charge on any atom is -0.500 e. The fourth-order valence-electron chi connectivity index (χ4n) is 0.330. The third kappa shape index (κ3) is 1.99. The molecule has 0 heterocycles. The third-order valence-corrected chi connectivity index (χ3v) is 0.839. The van der Waals surface area contributed by atoms with Gasteiger partial charge in [-0.25, -0.2) is 4.79 Å². The Hall–Kier alpha value is -2.01. The number of nitriles is 2. The summed E-state index contributed by atoms with van der Waals surface area (Å²) in [6.45, 7) is 0. The lowest BCUT2D eigenvalue weighted by Gasteiger charge is -1.94. The maximum Gasteiger partial charge on any atom is 0.375 e. The van der Waals surface area contributed by atoms with Gasteiger partial charge < -0.3 is 9.84 Å². The normalized spacial score (nSPS) is 7.18. The highest BCUT2D eigenvalue weighted by molar-refractivity contribution is 5.88. The number of carbonyl (C=O) groups excluding carboxylic acids is 1. The molecule has 0 fully saturated rings. The Labute approximate surface area is 62.7 Å². The van der Waals surface area contributed by atoms with E-state index in [1.165, 1.54) is 12.1 Å². The van der Waals surface area contributed by atoms with Crippen molar-refractivity contribution < 1.29 is 14.6 Å². The van der Waals surface area contributed by atoms with Crippen LogP contribution < -0.4 is 0 Å². The van der Waals surface area contributed by atoms with Gasteiger partial charge in [0.25, 0.3) is 0 Å². The van der Waals surface area contributed by atoms with Crippen molar-refractivity contribution >= 4 is 5.97 Å². The van der Waals surface area contributed by atoms with Crippen LogP contribution >= 0.6 is 0 Å². The van der Waals surface area contributed by atoms with Gasteiger partial charge in [0.15, 0.2) is 5.57 Å². The second kappa shape index (κ2) is 3.91. The summed E-state index contributed by atoms with van der Waals surface area (Å²) in [5.74, 6) is -2.06. The first-order valence-corrected chi connectivity index (χ1v) is 2.49. The molecule has 11 heavy (non-hydrogen) atoms. The molecule has 0 aliphatic carbocycles. The van der Waals surface area contributed by atoms with Crippen molar-refractivity contribution in [1.82, 2.24) is 0 Å². The van der Waals surface area contributed by atoms with Crippen LogP contribution in [0.4, 0.5) is 0 Å². The van der Waals surface area contributed by atoms with Gasteiger partial charge in [0.05, 0.1) is 7.11 Å². The van der Waals surface area contributed by atoms with Crippen LogP contribution in [0.2, 0.25) is 0 Å². The van der Waals surface area contributed by atoms with Gasteiger partial charge in [0, 0.05) is 0 Å². The summed E-state index contributed by atoms with van der Waals surface area (Å²) >= 11 is 0. The number of hydrogen-bond donors (Lipinski definition) is 1. The number of carbonyl (C=O) groups is 1. The molecule has 5 nitrogen and oxygen atoms in total.